The van der Waals surface area contributed by atoms with Crippen LogP contribution in [0, 0.1) is 0 Å². The van der Waals surface area contributed by atoms with Gasteiger partial charge in [-0.2, -0.15) is 0 Å². The summed E-state index contributed by atoms with van der Waals surface area (Å²) in [7, 11) is 0. The summed E-state index contributed by atoms with van der Waals surface area (Å²) in [5, 5.41) is 0. The van der Waals surface area contributed by atoms with Crippen LogP contribution in [-0.4, -0.2) is 23.1 Å². The lowest BCUT2D eigenvalue weighted by atomic mass is 9.95. The lowest BCUT2D eigenvalue weighted by molar-refractivity contribution is 0.0993. The Hall–Kier alpha value is 0.760. The molecule has 0 radical (unpaired) electrons. The van der Waals surface area contributed by atoms with Crippen molar-refractivity contribution >= 4 is 129 Å². The van der Waals surface area contributed by atoms with Crippen molar-refractivity contribution < 1.29 is 9.59 Å². The van der Waals surface area contributed by atoms with E-state index in [9.17, 15) is 9.59 Å². The highest BCUT2D eigenvalue weighted by Gasteiger charge is 2.37. The monoisotopic (exact) mass is 742 g/mol. The largest absolute Gasteiger partial charge is 0.289 e. The number of benzene rings is 1. The van der Waals surface area contributed by atoms with Gasteiger partial charge in [0, 0.05) is 20.9 Å². The number of hydrogen-bond acceptors (Lipinski definition) is 12. The number of hydrogen-bond donors (Lipinski definition) is 0. The van der Waals surface area contributed by atoms with Crippen LogP contribution in [0.2, 0.25) is 0 Å². The van der Waals surface area contributed by atoms with E-state index in [2.05, 4.69) is 37.4 Å². The molecule has 0 saturated heterocycles. The van der Waals surface area contributed by atoms with Gasteiger partial charge in [0.2, 0.25) is 0 Å². The SMILES string of the molecule is CCCCCCSC1=C(SCCCCCC)SC(=C2SC3=C(S2)SC(=C2Sc4cc5c(cc4S2)C(=O)C=CC5=O)S3)S1. The van der Waals surface area contributed by atoms with E-state index in [1.54, 1.807) is 23.5 Å². The van der Waals surface area contributed by atoms with Crippen molar-refractivity contribution in [2.75, 3.05) is 11.5 Å². The summed E-state index contributed by atoms with van der Waals surface area (Å²) in [6.45, 7) is 4.56. The highest BCUT2D eigenvalue weighted by Crippen LogP contribution is 2.72. The van der Waals surface area contributed by atoms with Crippen LogP contribution >= 0.6 is 118 Å². The van der Waals surface area contributed by atoms with E-state index in [-0.39, 0.29) is 11.6 Å². The second-order valence-electron chi connectivity index (χ2n) is 9.84. The van der Waals surface area contributed by atoms with Gasteiger partial charge in [-0.25, -0.2) is 0 Å². The minimum atomic E-state index is -0.0778. The third-order valence-corrected chi connectivity index (χ3v) is 21.5. The molecular weight excluding hydrogens is 713 g/mol. The molecule has 1 aromatic rings. The molecule has 0 aromatic heterocycles. The first kappa shape index (κ1) is 32.7. The molecule has 0 fully saturated rings. The molecule has 6 rings (SSSR count). The summed E-state index contributed by atoms with van der Waals surface area (Å²) in [5.74, 6) is 2.29. The fourth-order valence-electron chi connectivity index (χ4n) is 4.44. The average Bonchev–Trinajstić information content (AvgIpc) is 3.76. The summed E-state index contributed by atoms with van der Waals surface area (Å²) in [6.07, 6.45) is 13.4. The molecule has 12 heteroatoms. The number of allylic oxidation sites excluding steroid dienone is 2. The van der Waals surface area contributed by atoms with Crippen molar-refractivity contribution in [3.05, 3.63) is 69.3 Å². The van der Waals surface area contributed by atoms with Crippen LogP contribution in [-0.2, 0) is 0 Å². The predicted octanol–water partition coefficient (Wildman–Crippen LogP) is 13.4. The summed E-state index contributed by atoms with van der Waals surface area (Å²) in [6, 6.07) is 3.83. The highest BCUT2D eigenvalue weighted by molar-refractivity contribution is 8.50. The van der Waals surface area contributed by atoms with Gasteiger partial charge in [0.15, 0.2) is 11.6 Å². The lowest BCUT2D eigenvalue weighted by Crippen LogP contribution is -2.11. The average molecular weight is 743 g/mol. The minimum Gasteiger partial charge on any atom is -0.289 e. The second-order valence-corrected chi connectivity index (χ2v) is 22.3. The Bertz CT molecular complexity index is 1350. The molecule has 1 aliphatic carbocycles. The molecule has 4 aliphatic heterocycles. The standard InChI is InChI=1S/C30H30O2S10/c1-3-5-7-9-13-33-23-24(34-14-10-8-6-4-2)38-27(37-23)28-41-29-30(42-28)40-26(39-29)25-35-21-15-17-18(16-22(21)36-25)20(32)12-11-19(17)31/h11-12,15-16H,3-10,13-14H2,1-2H3. The molecule has 5 aliphatic rings. The maximum absolute atomic E-state index is 12.4. The Balaban J connectivity index is 1.08. The van der Waals surface area contributed by atoms with Gasteiger partial charge in [-0.05, 0) is 48.6 Å². The molecule has 0 N–H and O–H groups in total. The molecule has 4 heterocycles. The summed E-state index contributed by atoms with van der Waals surface area (Å²) in [4.78, 5) is 26.9. The quantitative estimate of drug-likeness (QED) is 0.191. The zero-order valence-corrected chi connectivity index (χ0v) is 31.4. The van der Waals surface area contributed by atoms with Crippen molar-refractivity contribution in [3.63, 3.8) is 0 Å². The first-order valence-corrected chi connectivity index (χ1v) is 22.6. The Morgan fingerprint density at radius 1 is 0.500 bits per heavy atom. The van der Waals surface area contributed by atoms with Gasteiger partial charge in [-0.3, -0.25) is 9.59 Å². The van der Waals surface area contributed by atoms with Gasteiger partial charge in [0.1, 0.15) is 0 Å². The number of unbranched alkanes of at least 4 members (excludes halogenated alkanes) is 6. The molecule has 222 valence electrons. The number of carbonyl (C=O) groups is 2. The van der Waals surface area contributed by atoms with Crippen molar-refractivity contribution in [3.8, 4) is 0 Å². The van der Waals surface area contributed by atoms with E-state index in [0.717, 1.165) is 9.79 Å². The number of carbonyl (C=O) groups excluding carboxylic acids is 2. The van der Waals surface area contributed by atoms with E-state index in [1.807, 2.05) is 82.7 Å². The molecule has 1 aromatic carbocycles. The second kappa shape index (κ2) is 15.6. The van der Waals surface area contributed by atoms with Gasteiger partial charge in [-0.15, -0.1) is 23.5 Å². The Morgan fingerprint density at radius 3 is 1.29 bits per heavy atom. The number of ketones is 2. The van der Waals surface area contributed by atoms with Crippen LogP contribution in [0.25, 0.3) is 0 Å². The Kier molecular flexibility index (Phi) is 12.1. The summed E-state index contributed by atoms with van der Waals surface area (Å²) < 4.78 is 11.3. The van der Waals surface area contributed by atoms with Crippen molar-refractivity contribution in [2.45, 2.75) is 75.0 Å². The molecule has 0 amide bonds. The molecule has 2 nitrogen and oxygen atoms in total. The zero-order chi connectivity index (χ0) is 29.1. The molecule has 0 spiro atoms. The molecule has 0 atom stereocenters. The van der Waals surface area contributed by atoms with Gasteiger partial charge < -0.3 is 0 Å². The van der Waals surface area contributed by atoms with E-state index in [1.165, 1.54) is 109 Å². The first-order valence-electron chi connectivity index (χ1n) is 14.1. The molecule has 0 bridgehead atoms. The minimum absolute atomic E-state index is 0.0778. The van der Waals surface area contributed by atoms with Gasteiger partial charge in [-0.1, -0.05) is 146 Å². The van der Waals surface area contributed by atoms with Crippen molar-refractivity contribution in [1.82, 2.24) is 0 Å². The van der Waals surface area contributed by atoms with E-state index in [4.69, 9.17) is 0 Å². The molecule has 0 unspecified atom stereocenters. The molecule has 42 heavy (non-hydrogen) atoms. The highest BCUT2D eigenvalue weighted by atomic mass is 32.3. The van der Waals surface area contributed by atoms with E-state index in [0.29, 0.717) is 11.1 Å². The number of rotatable bonds is 12. The number of thioether (sulfide) groups is 10. The van der Waals surface area contributed by atoms with Crippen molar-refractivity contribution in [1.29, 1.82) is 0 Å². The van der Waals surface area contributed by atoms with Gasteiger partial charge in [0.05, 0.1) is 33.9 Å². The summed E-state index contributed by atoms with van der Waals surface area (Å²) in [5.41, 5.74) is 1.07. The lowest BCUT2D eigenvalue weighted by Gasteiger charge is -2.10. The predicted molar refractivity (Wildman–Crippen MR) is 203 cm³/mol. The maximum Gasteiger partial charge on any atom is 0.186 e. The van der Waals surface area contributed by atoms with Crippen LogP contribution in [0.5, 0.6) is 0 Å². The third kappa shape index (κ3) is 7.65. The van der Waals surface area contributed by atoms with Crippen LogP contribution in [0.4, 0.5) is 0 Å². The fraction of sp³-hybridized carbons (Fsp3) is 0.400. The first-order chi connectivity index (χ1) is 20.5. The Labute approximate surface area is 291 Å². The van der Waals surface area contributed by atoms with E-state index >= 15 is 0 Å². The van der Waals surface area contributed by atoms with Crippen LogP contribution < -0.4 is 0 Å². The normalized spacial score (nSPS) is 19.7. The van der Waals surface area contributed by atoms with Crippen LogP contribution in [0.3, 0.4) is 0 Å². The molecular formula is C30H30O2S10. The van der Waals surface area contributed by atoms with Crippen molar-refractivity contribution in [2.24, 2.45) is 0 Å². The van der Waals surface area contributed by atoms with Gasteiger partial charge >= 0.3 is 0 Å². The van der Waals surface area contributed by atoms with Gasteiger partial charge in [0.25, 0.3) is 0 Å². The zero-order valence-electron chi connectivity index (χ0n) is 23.3. The maximum atomic E-state index is 12.4. The van der Waals surface area contributed by atoms with Crippen LogP contribution in [0.15, 0.2) is 68.0 Å². The third-order valence-electron chi connectivity index (χ3n) is 6.65. The molecule has 0 saturated carbocycles. The fourth-order valence-corrected chi connectivity index (χ4v) is 19.9. The van der Waals surface area contributed by atoms with E-state index < -0.39 is 0 Å². The topological polar surface area (TPSA) is 34.1 Å². The Morgan fingerprint density at radius 2 is 0.881 bits per heavy atom. The number of fused-ring (bicyclic) bond motifs is 2. The smallest absolute Gasteiger partial charge is 0.186 e. The van der Waals surface area contributed by atoms with Crippen LogP contribution in [0.1, 0.15) is 85.9 Å². The summed E-state index contributed by atoms with van der Waals surface area (Å²) >= 11 is 19.3.